The summed E-state index contributed by atoms with van der Waals surface area (Å²) in [5.74, 6) is 0.352. The minimum atomic E-state index is -2.02. The van der Waals surface area contributed by atoms with Crippen LogP contribution >= 0.6 is 11.8 Å². The van der Waals surface area contributed by atoms with Crippen LogP contribution in [0.15, 0.2) is 23.4 Å². The van der Waals surface area contributed by atoms with Gasteiger partial charge in [0.2, 0.25) is 14.2 Å². The van der Waals surface area contributed by atoms with Crippen molar-refractivity contribution >= 4 is 40.2 Å². The molecular weight excluding hydrogens is 356 g/mol. The number of thioether (sulfide) groups is 1. The average Bonchev–Trinajstić information content (AvgIpc) is 2.41. The third-order valence-corrected chi connectivity index (χ3v) is 6.82. The molecule has 2 unspecified atom stereocenters. The molecule has 8 heteroatoms. The summed E-state index contributed by atoms with van der Waals surface area (Å²) in [5, 5.41) is -0.0117. The van der Waals surface area contributed by atoms with Gasteiger partial charge in [-0.3, -0.25) is 9.69 Å². The summed E-state index contributed by atoms with van der Waals surface area (Å²) >= 11 is 1.71. The highest BCUT2D eigenvalue weighted by atomic mass is 32.2. The fourth-order valence-electron chi connectivity index (χ4n) is 2.75. The molecule has 2 heterocycles. The standard InChI is InChI=1S/C16H28N2O3SSi2/c1-8-9-11-10-22-15-12(17-23(2,3)4)14(19)18(15)13(11)16(20)21-24(5,6)7/h8-9,12,15,17H,10H2,1-7H3. The second-order valence-corrected chi connectivity index (χ2v) is 18.5. The second-order valence-electron chi connectivity index (χ2n) is 8.16. The molecular formula is C16H28N2O3SSi2. The van der Waals surface area contributed by atoms with E-state index in [4.69, 9.17) is 4.43 Å². The van der Waals surface area contributed by atoms with Crippen molar-refractivity contribution in [3.8, 4) is 0 Å². The number of hydrogen-bond acceptors (Lipinski definition) is 5. The van der Waals surface area contributed by atoms with E-state index >= 15 is 0 Å². The van der Waals surface area contributed by atoms with E-state index in [0.29, 0.717) is 5.70 Å². The SMILES string of the molecule is CC=CC1=C(C(=O)O[Si](C)(C)C)N2C(=O)C(N[Si](C)(C)C)C2SC1. The van der Waals surface area contributed by atoms with Gasteiger partial charge >= 0.3 is 5.97 Å². The van der Waals surface area contributed by atoms with Crippen LogP contribution in [0.1, 0.15) is 6.92 Å². The fraction of sp³-hybridized carbons (Fsp3) is 0.625. The van der Waals surface area contributed by atoms with Crippen LogP contribution in [0.2, 0.25) is 39.3 Å². The predicted molar refractivity (Wildman–Crippen MR) is 105 cm³/mol. The normalized spacial score (nSPS) is 25.0. The highest BCUT2D eigenvalue weighted by Crippen LogP contribution is 2.41. The lowest BCUT2D eigenvalue weighted by Gasteiger charge is -2.51. The molecule has 0 spiro atoms. The van der Waals surface area contributed by atoms with Crippen molar-refractivity contribution < 1.29 is 14.0 Å². The molecule has 134 valence electrons. The van der Waals surface area contributed by atoms with Gasteiger partial charge in [0, 0.05) is 5.75 Å². The van der Waals surface area contributed by atoms with Crippen LogP contribution in [0.4, 0.5) is 0 Å². The number of allylic oxidation sites excluding steroid dienone is 2. The van der Waals surface area contributed by atoms with Gasteiger partial charge in [0.05, 0.1) is 0 Å². The number of rotatable bonds is 5. The van der Waals surface area contributed by atoms with Crippen molar-refractivity contribution in [1.29, 1.82) is 0 Å². The van der Waals surface area contributed by atoms with Gasteiger partial charge in [0.25, 0.3) is 0 Å². The summed E-state index contributed by atoms with van der Waals surface area (Å²) in [6.07, 6.45) is 3.82. The molecule has 5 nitrogen and oxygen atoms in total. The summed E-state index contributed by atoms with van der Waals surface area (Å²) in [4.78, 5) is 30.6. The Hall–Kier alpha value is -0.836. The number of nitrogens with one attached hydrogen (secondary N) is 1. The zero-order valence-electron chi connectivity index (χ0n) is 15.6. The molecule has 2 aliphatic rings. The van der Waals surface area contributed by atoms with E-state index in [9.17, 15) is 9.59 Å². The van der Waals surface area contributed by atoms with Gasteiger partial charge in [-0.05, 0) is 32.1 Å². The minimum absolute atomic E-state index is 0.0117. The Balaban J connectivity index is 2.31. The molecule has 2 aliphatic heterocycles. The molecule has 1 amide bonds. The number of carbonyl (C=O) groups is 2. The van der Waals surface area contributed by atoms with E-state index in [1.807, 2.05) is 38.7 Å². The first kappa shape index (κ1) is 19.5. The number of β-lactam (4-membered cyclic amide) rings is 1. The molecule has 0 aromatic carbocycles. The van der Waals surface area contributed by atoms with Crippen LogP contribution in [-0.4, -0.2) is 50.5 Å². The molecule has 0 aromatic rings. The summed E-state index contributed by atoms with van der Waals surface area (Å²) in [6.45, 7) is 14.4. The van der Waals surface area contributed by atoms with Gasteiger partial charge in [-0.25, -0.2) is 4.79 Å². The van der Waals surface area contributed by atoms with E-state index in [1.54, 1.807) is 16.7 Å². The van der Waals surface area contributed by atoms with Crippen LogP contribution in [0.25, 0.3) is 0 Å². The molecule has 0 radical (unpaired) electrons. The first-order valence-electron chi connectivity index (χ1n) is 8.26. The molecule has 1 saturated heterocycles. The highest BCUT2D eigenvalue weighted by Gasteiger charge is 2.54. The lowest BCUT2D eigenvalue weighted by molar-refractivity contribution is -0.147. The van der Waals surface area contributed by atoms with Crippen molar-refractivity contribution in [3.63, 3.8) is 0 Å². The molecule has 24 heavy (non-hydrogen) atoms. The van der Waals surface area contributed by atoms with Gasteiger partial charge in [0.1, 0.15) is 25.3 Å². The van der Waals surface area contributed by atoms with Crippen LogP contribution in [0.5, 0.6) is 0 Å². The second kappa shape index (κ2) is 6.82. The third-order valence-electron chi connectivity index (χ3n) is 3.55. The summed E-state index contributed by atoms with van der Waals surface area (Å²) in [5.41, 5.74) is 1.32. The van der Waals surface area contributed by atoms with Crippen molar-refractivity contribution in [3.05, 3.63) is 23.4 Å². The van der Waals surface area contributed by atoms with Crippen molar-refractivity contribution in [1.82, 2.24) is 9.88 Å². The molecule has 2 rings (SSSR count). The Bertz CT molecular complexity index is 605. The number of carbonyl (C=O) groups excluding carboxylic acids is 2. The van der Waals surface area contributed by atoms with E-state index in [1.165, 1.54) is 0 Å². The average molecular weight is 385 g/mol. The first-order chi connectivity index (χ1) is 10.9. The Kier molecular flexibility index (Phi) is 5.53. The Morgan fingerprint density at radius 3 is 2.42 bits per heavy atom. The molecule has 1 fully saturated rings. The Morgan fingerprint density at radius 2 is 1.92 bits per heavy atom. The van der Waals surface area contributed by atoms with Crippen LogP contribution < -0.4 is 4.98 Å². The molecule has 2 atom stereocenters. The van der Waals surface area contributed by atoms with Crippen molar-refractivity contribution in [2.24, 2.45) is 0 Å². The molecule has 0 saturated carbocycles. The largest absolute Gasteiger partial charge is 0.515 e. The smallest absolute Gasteiger partial charge is 0.342 e. The summed E-state index contributed by atoms with van der Waals surface area (Å²) in [6, 6.07) is -0.191. The maximum atomic E-state index is 12.7. The van der Waals surface area contributed by atoms with E-state index < -0.39 is 16.6 Å². The molecule has 0 aliphatic carbocycles. The fourth-order valence-corrected chi connectivity index (χ4v) is 6.06. The van der Waals surface area contributed by atoms with Gasteiger partial charge < -0.3 is 9.41 Å². The van der Waals surface area contributed by atoms with Crippen molar-refractivity contribution in [2.75, 3.05) is 5.75 Å². The van der Waals surface area contributed by atoms with Gasteiger partial charge in [-0.2, -0.15) is 0 Å². The quantitative estimate of drug-likeness (QED) is 0.583. The highest BCUT2D eigenvalue weighted by molar-refractivity contribution is 8.00. The molecule has 1 N–H and O–H groups in total. The van der Waals surface area contributed by atoms with Crippen molar-refractivity contribution in [2.45, 2.75) is 57.6 Å². The van der Waals surface area contributed by atoms with Gasteiger partial charge in [0.15, 0.2) is 0 Å². The topological polar surface area (TPSA) is 58.6 Å². The van der Waals surface area contributed by atoms with E-state index in [-0.39, 0.29) is 23.3 Å². The Morgan fingerprint density at radius 1 is 1.29 bits per heavy atom. The lowest BCUT2D eigenvalue weighted by Crippen LogP contribution is -2.73. The third kappa shape index (κ3) is 4.22. The van der Waals surface area contributed by atoms with Gasteiger partial charge in [-0.15, -0.1) is 11.8 Å². The van der Waals surface area contributed by atoms with Crippen LogP contribution in [-0.2, 0) is 14.0 Å². The van der Waals surface area contributed by atoms with Crippen LogP contribution in [0.3, 0.4) is 0 Å². The Labute approximate surface area is 151 Å². The van der Waals surface area contributed by atoms with E-state index in [0.717, 1.165) is 11.3 Å². The monoisotopic (exact) mass is 384 g/mol. The number of amides is 1. The molecule has 0 aromatic heterocycles. The van der Waals surface area contributed by atoms with Crippen LogP contribution in [0, 0.1) is 0 Å². The number of nitrogens with zero attached hydrogens (tertiary/aromatic N) is 1. The maximum Gasteiger partial charge on any atom is 0.342 e. The molecule has 0 bridgehead atoms. The number of hydrogen-bond donors (Lipinski definition) is 1. The predicted octanol–water partition coefficient (Wildman–Crippen LogP) is 2.90. The van der Waals surface area contributed by atoms with E-state index in [2.05, 4.69) is 24.6 Å². The summed E-state index contributed by atoms with van der Waals surface area (Å²) < 4.78 is 5.68. The number of fused-ring (bicyclic) bond motifs is 1. The lowest BCUT2D eigenvalue weighted by atomic mass is 10.0. The minimum Gasteiger partial charge on any atom is -0.515 e. The zero-order valence-corrected chi connectivity index (χ0v) is 18.4. The first-order valence-corrected chi connectivity index (χ1v) is 16.2. The maximum absolute atomic E-state index is 12.7. The zero-order chi connectivity index (χ0) is 18.3. The summed E-state index contributed by atoms with van der Waals surface area (Å²) in [7, 11) is -3.60. The van der Waals surface area contributed by atoms with Gasteiger partial charge in [-0.1, -0.05) is 31.8 Å².